The normalized spacial score (nSPS) is 16.1. The van der Waals surface area contributed by atoms with E-state index in [1.165, 1.54) is 31.2 Å². The molecule has 0 radical (unpaired) electrons. The van der Waals surface area contributed by atoms with E-state index in [0.717, 1.165) is 23.5 Å². The van der Waals surface area contributed by atoms with Crippen LogP contribution in [0, 0.1) is 5.92 Å². The van der Waals surface area contributed by atoms with Crippen LogP contribution in [0.3, 0.4) is 0 Å². The molecule has 1 aliphatic rings. The van der Waals surface area contributed by atoms with Crippen LogP contribution in [0.5, 0.6) is 5.75 Å². The van der Waals surface area contributed by atoms with Crippen LogP contribution in [0.2, 0.25) is 0 Å². The van der Waals surface area contributed by atoms with Crippen molar-refractivity contribution in [3.05, 3.63) is 28.2 Å². The summed E-state index contributed by atoms with van der Waals surface area (Å²) in [6, 6.07) is 5.65. The van der Waals surface area contributed by atoms with Crippen LogP contribution in [0.1, 0.15) is 31.2 Å². The van der Waals surface area contributed by atoms with Crippen LogP contribution in [0.25, 0.3) is 0 Å². The summed E-state index contributed by atoms with van der Waals surface area (Å²) >= 11 is 3.32. The Morgan fingerprint density at radius 2 is 2.19 bits per heavy atom. The molecule has 0 spiro atoms. The molecule has 88 valence electrons. The number of phenols is 1. The summed E-state index contributed by atoms with van der Waals surface area (Å²) in [7, 11) is 0. The van der Waals surface area contributed by atoms with E-state index in [4.69, 9.17) is 0 Å². The highest BCUT2D eigenvalue weighted by Crippen LogP contribution is 2.28. The quantitative estimate of drug-likeness (QED) is 0.812. The fraction of sp³-hybridized carbons (Fsp3) is 0.538. The molecule has 0 bridgehead atoms. The molecule has 0 saturated heterocycles. The molecular weight excluding hydrogens is 266 g/mol. The van der Waals surface area contributed by atoms with Crippen molar-refractivity contribution < 1.29 is 5.11 Å². The van der Waals surface area contributed by atoms with Gasteiger partial charge in [-0.15, -0.1) is 0 Å². The summed E-state index contributed by atoms with van der Waals surface area (Å²) in [4.78, 5) is 0. The highest BCUT2D eigenvalue weighted by molar-refractivity contribution is 9.10. The monoisotopic (exact) mass is 283 g/mol. The fourth-order valence-electron chi connectivity index (χ4n) is 1.98. The molecular formula is C13H18BrNO. The number of rotatable bonds is 5. The van der Waals surface area contributed by atoms with Gasteiger partial charge in [0.25, 0.3) is 0 Å². The predicted octanol–water partition coefficient (Wildman–Crippen LogP) is 3.43. The molecule has 1 saturated carbocycles. The van der Waals surface area contributed by atoms with Gasteiger partial charge in [0.1, 0.15) is 5.75 Å². The Kier molecular flexibility index (Phi) is 4.24. The lowest BCUT2D eigenvalue weighted by Crippen LogP contribution is -2.21. The van der Waals surface area contributed by atoms with Gasteiger partial charge >= 0.3 is 0 Å². The lowest BCUT2D eigenvalue weighted by Gasteiger charge is -2.25. The van der Waals surface area contributed by atoms with Crippen LogP contribution in [-0.2, 0) is 6.54 Å². The summed E-state index contributed by atoms with van der Waals surface area (Å²) < 4.78 is 0.769. The molecule has 0 heterocycles. The average Bonchev–Trinajstić information content (AvgIpc) is 2.20. The highest BCUT2D eigenvalue weighted by atomic mass is 79.9. The Labute approximate surface area is 105 Å². The summed E-state index contributed by atoms with van der Waals surface area (Å²) in [6.45, 7) is 1.98. The van der Waals surface area contributed by atoms with Crippen molar-refractivity contribution in [3.63, 3.8) is 0 Å². The third-order valence-electron chi connectivity index (χ3n) is 3.30. The van der Waals surface area contributed by atoms with E-state index in [1.807, 2.05) is 12.1 Å². The lowest BCUT2D eigenvalue weighted by atomic mass is 9.83. The molecule has 0 aromatic heterocycles. The van der Waals surface area contributed by atoms with Gasteiger partial charge in [-0.1, -0.05) is 25.3 Å². The van der Waals surface area contributed by atoms with Gasteiger partial charge in [-0.25, -0.2) is 0 Å². The van der Waals surface area contributed by atoms with Crippen LogP contribution >= 0.6 is 15.9 Å². The van der Waals surface area contributed by atoms with Crippen LogP contribution in [-0.4, -0.2) is 11.7 Å². The minimum atomic E-state index is 0.304. The Morgan fingerprint density at radius 1 is 1.38 bits per heavy atom. The number of phenolic OH excluding ortho intramolecular Hbond substituents is 1. The van der Waals surface area contributed by atoms with Crippen LogP contribution in [0.15, 0.2) is 22.7 Å². The summed E-state index contributed by atoms with van der Waals surface area (Å²) in [5.74, 6) is 1.28. The molecule has 1 aromatic carbocycles. The number of hydrogen-bond donors (Lipinski definition) is 2. The Morgan fingerprint density at radius 3 is 2.81 bits per heavy atom. The van der Waals surface area contributed by atoms with Gasteiger partial charge < -0.3 is 10.4 Å². The number of aromatic hydroxyl groups is 1. The first kappa shape index (κ1) is 11.9. The molecule has 2 nitrogen and oxygen atoms in total. The molecule has 2 rings (SSSR count). The second-order valence-electron chi connectivity index (χ2n) is 4.55. The second kappa shape index (κ2) is 5.69. The SMILES string of the molecule is Oc1ccc(CNCCC2CCC2)cc1Br. The maximum absolute atomic E-state index is 9.36. The van der Waals surface area contributed by atoms with Crippen molar-refractivity contribution in [2.75, 3.05) is 6.54 Å². The fourth-order valence-corrected chi connectivity index (χ4v) is 2.41. The van der Waals surface area contributed by atoms with E-state index in [1.54, 1.807) is 6.07 Å². The molecule has 1 aliphatic carbocycles. The maximum atomic E-state index is 9.36. The molecule has 0 aliphatic heterocycles. The molecule has 0 unspecified atom stereocenters. The number of nitrogens with one attached hydrogen (secondary N) is 1. The van der Waals surface area contributed by atoms with E-state index < -0.39 is 0 Å². The van der Waals surface area contributed by atoms with Gasteiger partial charge in [-0.05, 0) is 52.5 Å². The largest absolute Gasteiger partial charge is 0.507 e. The molecule has 0 atom stereocenters. The van der Waals surface area contributed by atoms with Crippen LogP contribution < -0.4 is 5.32 Å². The third kappa shape index (κ3) is 3.22. The van der Waals surface area contributed by atoms with Gasteiger partial charge in [0.05, 0.1) is 4.47 Å². The molecule has 16 heavy (non-hydrogen) atoms. The number of benzene rings is 1. The lowest BCUT2D eigenvalue weighted by molar-refractivity contribution is 0.292. The first-order valence-corrected chi connectivity index (χ1v) is 6.73. The molecule has 2 N–H and O–H groups in total. The van der Waals surface area contributed by atoms with E-state index in [0.29, 0.717) is 5.75 Å². The molecule has 0 amide bonds. The van der Waals surface area contributed by atoms with E-state index in [-0.39, 0.29) is 0 Å². The van der Waals surface area contributed by atoms with Crippen LogP contribution in [0.4, 0.5) is 0 Å². The smallest absolute Gasteiger partial charge is 0.129 e. The van der Waals surface area contributed by atoms with E-state index in [9.17, 15) is 5.11 Å². The summed E-state index contributed by atoms with van der Waals surface area (Å²) in [5, 5.41) is 12.8. The summed E-state index contributed by atoms with van der Waals surface area (Å²) in [6.07, 6.45) is 5.58. The predicted molar refractivity (Wildman–Crippen MR) is 69.5 cm³/mol. The highest BCUT2D eigenvalue weighted by Gasteiger charge is 2.16. The van der Waals surface area contributed by atoms with Gasteiger partial charge in [0.2, 0.25) is 0 Å². The first-order valence-electron chi connectivity index (χ1n) is 5.94. The zero-order chi connectivity index (χ0) is 11.4. The minimum absolute atomic E-state index is 0.304. The van der Waals surface area contributed by atoms with E-state index in [2.05, 4.69) is 21.2 Å². The van der Waals surface area contributed by atoms with Crippen molar-refractivity contribution in [2.45, 2.75) is 32.2 Å². The van der Waals surface area contributed by atoms with Gasteiger partial charge in [-0.3, -0.25) is 0 Å². The Bertz CT molecular complexity index is 350. The Balaban J connectivity index is 1.69. The van der Waals surface area contributed by atoms with Gasteiger partial charge in [0.15, 0.2) is 0 Å². The zero-order valence-corrected chi connectivity index (χ0v) is 11.0. The minimum Gasteiger partial charge on any atom is -0.507 e. The topological polar surface area (TPSA) is 32.3 Å². The van der Waals surface area contributed by atoms with Gasteiger partial charge in [0, 0.05) is 6.54 Å². The number of halogens is 1. The molecule has 1 aromatic rings. The van der Waals surface area contributed by atoms with Crippen molar-refractivity contribution in [2.24, 2.45) is 5.92 Å². The van der Waals surface area contributed by atoms with Crippen molar-refractivity contribution in [1.29, 1.82) is 0 Å². The zero-order valence-electron chi connectivity index (χ0n) is 9.38. The summed E-state index contributed by atoms with van der Waals surface area (Å²) in [5.41, 5.74) is 1.21. The van der Waals surface area contributed by atoms with Crippen molar-refractivity contribution >= 4 is 15.9 Å². The van der Waals surface area contributed by atoms with Gasteiger partial charge in [-0.2, -0.15) is 0 Å². The molecule has 3 heteroatoms. The van der Waals surface area contributed by atoms with E-state index >= 15 is 0 Å². The second-order valence-corrected chi connectivity index (χ2v) is 5.40. The average molecular weight is 284 g/mol. The first-order chi connectivity index (χ1) is 7.75. The third-order valence-corrected chi connectivity index (χ3v) is 3.93. The van der Waals surface area contributed by atoms with Crippen molar-refractivity contribution in [1.82, 2.24) is 5.32 Å². The maximum Gasteiger partial charge on any atom is 0.129 e. The standard InChI is InChI=1S/C13H18BrNO/c14-12-8-11(4-5-13(12)16)9-15-7-6-10-2-1-3-10/h4-5,8,10,15-16H,1-3,6-7,9H2. The molecule has 1 fully saturated rings. The van der Waals surface area contributed by atoms with Crippen molar-refractivity contribution in [3.8, 4) is 5.75 Å². The Hall–Kier alpha value is -0.540. The number of hydrogen-bond acceptors (Lipinski definition) is 2.